The second kappa shape index (κ2) is 5.89. The van der Waals surface area contributed by atoms with Crippen molar-refractivity contribution in [2.75, 3.05) is 18.5 Å². The van der Waals surface area contributed by atoms with Crippen molar-refractivity contribution >= 4 is 17.4 Å². The smallest absolute Gasteiger partial charge is 0.255 e. The Morgan fingerprint density at radius 1 is 1.00 bits per heavy atom. The molecule has 0 unspecified atom stereocenters. The first-order valence-corrected chi connectivity index (χ1v) is 6.96. The molecule has 1 N–H and O–H groups in total. The average Bonchev–Trinajstić information content (AvgIpc) is 2.54. The number of anilines is 1. The van der Waals surface area contributed by atoms with Crippen LogP contribution in [0.25, 0.3) is 0 Å². The van der Waals surface area contributed by atoms with Crippen molar-refractivity contribution in [1.29, 1.82) is 0 Å². The number of carbonyl (C=O) groups is 2. The molecule has 0 aromatic heterocycles. The van der Waals surface area contributed by atoms with Gasteiger partial charge in [0.15, 0.2) is 17.3 Å². The molecule has 1 heterocycles. The molecule has 5 heteroatoms. The number of ether oxygens (including phenoxy) is 2. The number of nitrogens with one attached hydrogen (secondary N) is 1. The Hall–Kier alpha value is -2.82. The van der Waals surface area contributed by atoms with E-state index in [1.165, 1.54) is 6.92 Å². The zero-order valence-corrected chi connectivity index (χ0v) is 12.1. The van der Waals surface area contributed by atoms with Gasteiger partial charge < -0.3 is 14.8 Å². The van der Waals surface area contributed by atoms with Gasteiger partial charge in [0.05, 0.1) is 5.69 Å². The van der Waals surface area contributed by atoms with Gasteiger partial charge in [-0.3, -0.25) is 9.59 Å². The molecule has 112 valence electrons. The summed E-state index contributed by atoms with van der Waals surface area (Å²) in [7, 11) is 0. The molecule has 0 atom stereocenters. The number of carbonyl (C=O) groups excluding carboxylic acids is 2. The molecule has 0 fully saturated rings. The Bertz CT molecular complexity index is 739. The Morgan fingerprint density at radius 3 is 2.50 bits per heavy atom. The molecule has 1 aliphatic heterocycles. The minimum atomic E-state index is -0.300. The van der Waals surface area contributed by atoms with Gasteiger partial charge in [-0.25, -0.2) is 0 Å². The Balaban J connectivity index is 1.85. The Labute approximate surface area is 127 Å². The third-order valence-electron chi connectivity index (χ3n) is 3.36. The summed E-state index contributed by atoms with van der Waals surface area (Å²) in [6.07, 6.45) is 0. The monoisotopic (exact) mass is 297 g/mol. The fourth-order valence-corrected chi connectivity index (χ4v) is 2.28. The SMILES string of the molecule is CC(=O)c1ccccc1NC(=O)c1ccc2c(c1)OCCO2. The van der Waals surface area contributed by atoms with Crippen molar-refractivity contribution in [1.82, 2.24) is 0 Å². The summed E-state index contributed by atoms with van der Waals surface area (Å²) in [5.41, 5.74) is 1.42. The van der Waals surface area contributed by atoms with Gasteiger partial charge in [-0.1, -0.05) is 12.1 Å². The van der Waals surface area contributed by atoms with Gasteiger partial charge in [0.2, 0.25) is 0 Å². The minimum Gasteiger partial charge on any atom is -0.486 e. The van der Waals surface area contributed by atoms with E-state index < -0.39 is 0 Å². The van der Waals surface area contributed by atoms with Crippen LogP contribution in [0.1, 0.15) is 27.6 Å². The van der Waals surface area contributed by atoms with E-state index >= 15 is 0 Å². The van der Waals surface area contributed by atoms with E-state index in [1.807, 2.05) is 0 Å². The third kappa shape index (κ3) is 2.79. The van der Waals surface area contributed by atoms with Crippen LogP contribution in [0.4, 0.5) is 5.69 Å². The van der Waals surface area contributed by atoms with Crippen LogP contribution in [0.2, 0.25) is 0 Å². The number of para-hydroxylation sites is 1. The number of ketones is 1. The maximum absolute atomic E-state index is 12.4. The number of amides is 1. The largest absolute Gasteiger partial charge is 0.486 e. The molecule has 0 spiro atoms. The quantitative estimate of drug-likeness (QED) is 0.885. The maximum atomic E-state index is 12.4. The lowest BCUT2D eigenvalue weighted by Gasteiger charge is -2.18. The Morgan fingerprint density at radius 2 is 1.73 bits per heavy atom. The second-order valence-corrected chi connectivity index (χ2v) is 4.91. The first-order chi connectivity index (χ1) is 10.6. The van der Waals surface area contributed by atoms with Crippen molar-refractivity contribution in [3.63, 3.8) is 0 Å². The zero-order valence-electron chi connectivity index (χ0n) is 12.1. The first-order valence-electron chi connectivity index (χ1n) is 6.96. The molecule has 2 aromatic carbocycles. The van der Waals surface area contributed by atoms with Crippen LogP contribution in [0.5, 0.6) is 11.5 Å². The molecule has 0 radical (unpaired) electrons. The summed E-state index contributed by atoms with van der Waals surface area (Å²) >= 11 is 0. The van der Waals surface area contributed by atoms with Crippen LogP contribution < -0.4 is 14.8 Å². The predicted octanol–water partition coefficient (Wildman–Crippen LogP) is 2.91. The van der Waals surface area contributed by atoms with Crippen molar-refractivity contribution in [3.05, 3.63) is 53.6 Å². The van der Waals surface area contributed by atoms with Gasteiger partial charge in [-0.15, -0.1) is 0 Å². The molecule has 2 aromatic rings. The van der Waals surface area contributed by atoms with E-state index in [2.05, 4.69) is 5.32 Å². The predicted molar refractivity (Wildman–Crippen MR) is 81.8 cm³/mol. The summed E-state index contributed by atoms with van der Waals surface area (Å²) < 4.78 is 10.9. The molecule has 0 saturated carbocycles. The van der Waals surface area contributed by atoms with Crippen molar-refractivity contribution in [2.45, 2.75) is 6.92 Å². The molecule has 1 aliphatic rings. The van der Waals surface area contributed by atoms with Crippen molar-refractivity contribution in [3.8, 4) is 11.5 Å². The first kappa shape index (κ1) is 14.1. The number of hydrogen-bond acceptors (Lipinski definition) is 4. The summed E-state index contributed by atoms with van der Waals surface area (Å²) in [6, 6.07) is 11.9. The van der Waals surface area contributed by atoms with Crippen LogP contribution in [-0.4, -0.2) is 24.9 Å². The number of hydrogen-bond donors (Lipinski definition) is 1. The number of Topliss-reactive ketones (excluding diaryl/α,β-unsaturated/α-hetero) is 1. The molecular formula is C17H15NO4. The highest BCUT2D eigenvalue weighted by molar-refractivity contribution is 6.09. The highest BCUT2D eigenvalue weighted by Crippen LogP contribution is 2.31. The van der Waals surface area contributed by atoms with E-state index in [0.717, 1.165) is 0 Å². The zero-order chi connectivity index (χ0) is 15.5. The van der Waals surface area contributed by atoms with Crippen molar-refractivity contribution < 1.29 is 19.1 Å². The topological polar surface area (TPSA) is 64.6 Å². The van der Waals surface area contributed by atoms with Gasteiger partial charge >= 0.3 is 0 Å². The fourth-order valence-electron chi connectivity index (χ4n) is 2.28. The van der Waals surface area contributed by atoms with E-state index in [9.17, 15) is 9.59 Å². The van der Waals surface area contributed by atoms with Gasteiger partial charge in [0, 0.05) is 11.1 Å². The standard InChI is InChI=1S/C17H15NO4/c1-11(19)13-4-2-3-5-14(13)18-17(20)12-6-7-15-16(10-12)22-9-8-21-15/h2-7,10H,8-9H2,1H3,(H,18,20). The van der Waals surface area contributed by atoms with Crippen LogP contribution in [-0.2, 0) is 0 Å². The highest BCUT2D eigenvalue weighted by Gasteiger charge is 2.16. The molecule has 0 aliphatic carbocycles. The number of fused-ring (bicyclic) bond motifs is 1. The van der Waals surface area contributed by atoms with Gasteiger partial charge in [0.25, 0.3) is 5.91 Å². The average molecular weight is 297 g/mol. The van der Waals surface area contributed by atoms with Crippen LogP contribution >= 0.6 is 0 Å². The Kier molecular flexibility index (Phi) is 3.78. The van der Waals surface area contributed by atoms with E-state index in [4.69, 9.17) is 9.47 Å². The van der Waals surface area contributed by atoms with E-state index in [0.29, 0.717) is 41.5 Å². The lowest BCUT2D eigenvalue weighted by Crippen LogP contribution is -2.17. The lowest BCUT2D eigenvalue weighted by molar-refractivity contribution is 0.101. The van der Waals surface area contributed by atoms with Crippen molar-refractivity contribution in [2.24, 2.45) is 0 Å². The highest BCUT2D eigenvalue weighted by atomic mass is 16.6. The minimum absolute atomic E-state index is 0.0990. The molecule has 3 rings (SSSR count). The molecule has 5 nitrogen and oxygen atoms in total. The van der Waals surface area contributed by atoms with Crippen LogP contribution in [0.15, 0.2) is 42.5 Å². The second-order valence-electron chi connectivity index (χ2n) is 4.91. The summed E-state index contributed by atoms with van der Waals surface area (Å²) in [4.78, 5) is 23.9. The van der Waals surface area contributed by atoms with E-state index in [1.54, 1.807) is 42.5 Å². The fraction of sp³-hybridized carbons (Fsp3) is 0.176. The summed E-state index contributed by atoms with van der Waals surface area (Å²) in [5.74, 6) is 0.787. The van der Waals surface area contributed by atoms with Gasteiger partial charge in [0.1, 0.15) is 13.2 Å². The molecule has 0 saturated heterocycles. The molecular weight excluding hydrogens is 282 g/mol. The van der Waals surface area contributed by atoms with Gasteiger partial charge in [-0.2, -0.15) is 0 Å². The normalized spacial score (nSPS) is 12.6. The molecule has 1 amide bonds. The lowest BCUT2D eigenvalue weighted by atomic mass is 10.1. The summed E-state index contributed by atoms with van der Waals surface area (Å²) in [6.45, 7) is 2.44. The maximum Gasteiger partial charge on any atom is 0.255 e. The van der Waals surface area contributed by atoms with Gasteiger partial charge in [-0.05, 0) is 37.3 Å². The number of rotatable bonds is 3. The third-order valence-corrected chi connectivity index (χ3v) is 3.36. The summed E-state index contributed by atoms with van der Waals surface area (Å²) in [5, 5.41) is 2.76. The number of benzene rings is 2. The molecule has 22 heavy (non-hydrogen) atoms. The van der Waals surface area contributed by atoms with Crippen LogP contribution in [0.3, 0.4) is 0 Å². The van der Waals surface area contributed by atoms with Crippen LogP contribution in [0, 0.1) is 0 Å². The van der Waals surface area contributed by atoms with E-state index in [-0.39, 0.29) is 11.7 Å². The molecule has 0 bridgehead atoms.